The highest BCUT2D eigenvalue weighted by molar-refractivity contribution is 4.86. The van der Waals surface area contributed by atoms with Crippen LogP contribution in [0.25, 0.3) is 0 Å². The van der Waals surface area contributed by atoms with E-state index in [2.05, 4.69) is 43.2 Å². The molecule has 1 saturated carbocycles. The van der Waals surface area contributed by atoms with E-state index in [1.807, 2.05) is 0 Å². The Kier molecular flexibility index (Phi) is 6.32. The Labute approximate surface area is 101 Å². The van der Waals surface area contributed by atoms with Crippen molar-refractivity contribution in [2.75, 3.05) is 40.8 Å². The van der Waals surface area contributed by atoms with Crippen LogP contribution in [0.15, 0.2) is 0 Å². The van der Waals surface area contributed by atoms with Gasteiger partial charge in [-0.25, -0.2) is 0 Å². The summed E-state index contributed by atoms with van der Waals surface area (Å²) < 4.78 is 0. The summed E-state index contributed by atoms with van der Waals surface area (Å²) in [6.45, 7) is 5.95. The Bertz CT molecular complexity index is 182. The van der Waals surface area contributed by atoms with Crippen molar-refractivity contribution in [2.24, 2.45) is 0 Å². The van der Waals surface area contributed by atoms with Crippen LogP contribution in [0.2, 0.25) is 0 Å². The minimum Gasteiger partial charge on any atom is -0.317 e. The molecular weight excluding hydrogens is 198 g/mol. The molecule has 0 aromatic carbocycles. The summed E-state index contributed by atoms with van der Waals surface area (Å²) in [4.78, 5) is 4.98. The van der Waals surface area contributed by atoms with Gasteiger partial charge in [-0.2, -0.15) is 0 Å². The average molecular weight is 227 g/mol. The number of rotatable bonds is 7. The lowest BCUT2D eigenvalue weighted by molar-refractivity contribution is 0.178. The Morgan fingerprint density at radius 2 is 1.88 bits per heavy atom. The van der Waals surface area contributed by atoms with Gasteiger partial charge in [0.25, 0.3) is 0 Å². The van der Waals surface area contributed by atoms with Crippen molar-refractivity contribution in [3.05, 3.63) is 0 Å². The van der Waals surface area contributed by atoms with Crippen molar-refractivity contribution in [3.8, 4) is 0 Å². The summed E-state index contributed by atoms with van der Waals surface area (Å²) in [5.74, 6) is 0. The van der Waals surface area contributed by atoms with Crippen LogP contribution >= 0.6 is 0 Å². The van der Waals surface area contributed by atoms with Gasteiger partial charge in [0.05, 0.1) is 0 Å². The zero-order valence-corrected chi connectivity index (χ0v) is 11.5. The fourth-order valence-corrected chi connectivity index (χ4v) is 2.64. The molecule has 0 spiro atoms. The van der Waals surface area contributed by atoms with Crippen LogP contribution < -0.4 is 5.32 Å². The molecule has 2 unspecified atom stereocenters. The monoisotopic (exact) mass is 227 g/mol. The van der Waals surface area contributed by atoms with Crippen molar-refractivity contribution in [1.29, 1.82) is 0 Å². The molecule has 0 aromatic heterocycles. The van der Waals surface area contributed by atoms with Gasteiger partial charge in [-0.15, -0.1) is 0 Å². The molecule has 1 fully saturated rings. The molecule has 2 atom stereocenters. The first kappa shape index (κ1) is 13.9. The molecule has 0 radical (unpaired) electrons. The zero-order valence-electron chi connectivity index (χ0n) is 11.5. The highest BCUT2D eigenvalue weighted by Gasteiger charge is 2.27. The molecule has 0 saturated heterocycles. The molecule has 3 nitrogen and oxygen atoms in total. The average Bonchev–Trinajstić information content (AvgIpc) is 2.72. The van der Waals surface area contributed by atoms with Gasteiger partial charge >= 0.3 is 0 Å². The molecule has 1 aliphatic carbocycles. The van der Waals surface area contributed by atoms with E-state index in [4.69, 9.17) is 0 Å². The van der Waals surface area contributed by atoms with Crippen LogP contribution in [0.3, 0.4) is 0 Å². The van der Waals surface area contributed by atoms with Crippen molar-refractivity contribution >= 4 is 0 Å². The maximum Gasteiger partial charge on any atom is 0.0112 e. The second-order valence-corrected chi connectivity index (χ2v) is 5.29. The second kappa shape index (κ2) is 7.25. The molecule has 96 valence electrons. The molecule has 1 rings (SSSR count). The van der Waals surface area contributed by atoms with Crippen LogP contribution in [-0.4, -0.2) is 62.7 Å². The van der Waals surface area contributed by atoms with E-state index in [1.54, 1.807) is 0 Å². The molecule has 0 amide bonds. The third-order valence-corrected chi connectivity index (χ3v) is 3.67. The Morgan fingerprint density at radius 1 is 1.12 bits per heavy atom. The lowest BCUT2D eigenvalue weighted by Gasteiger charge is -2.29. The first-order valence-corrected chi connectivity index (χ1v) is 6.73. The Morgan fingerprint density at radius 3 is 2.38 bits per heavy atom. The minimum absolute atomic E-state index is 0.753. The fourth-order valence-electron chi connectivity index (χ4n) is 2.64. The summed E-state index contributed by atoms with van der Waals surface area (Å²) in [5.41, 5.74) is 0. The zero-order chi connectivity index (χ0) is 12.0. The third-order valence-electron chi connectivity index (χ3n) is 3.67. The predicted octanol–water partition coefficient (Wildman–Crippen LogP) is 1.40. The number of hydrogen-bond donors (Lipinski definition) is 1. The molecule has 0 bridgehead atoms. The first-order chi connectivity index (χ1) is 7.67. The van der Waals surface area contributed by atoms with Gasteiger partial charge < -0.3 is 10.2 Å². The lowest BCUT2D eigenvalue weighted by Crippen LogP contribution is -2.39. The predicted molar refractivity (Wildman–Crippen MR) is 70.9 cm³/mol. The van der Waals surface area contributed by atoms with Crippen molar-refractivity contribution < 1.29 is 0 Å². The van der Waals surface area contributed by atoms with E-state index >= 15 is 0 Å². The molecule has 0 aliphatic heterocycles. The Balaban J connectivity index is 2.37. The van der Waals surface area contributed by atoms with Gasteiger partial charge in [0.1, 0.15) is 0 Å². The topological polar surface area (TPSA) is 18.5 Å². The molecule has 0 heterocycles. The maximum atomic E-state index is 3.42. The minimum atomic E-state index is 0.753. The van der Waals surface area contributed by atoms with Crippen LogP contribution in [0.5, 0.6) is 0 Å². The van der Waals surface area contributed by atoms with E-state index in [0.29, 0.717) is 0 Å². The van der Waals surface area contributed by atoms with Crippen LogP contribution in [0.4, 0.5) is 0 Å². The van der Waals surface area contributed by atoms with E-state index in [-0.39, 0.29) is 0 Å². The maximum absolute atomic E-state index is 3.42. The number of nitrogens with one attached hydrogen (secondary N) is 1. The van der Waals surface area contributed by atoms with Crippen molar-refractivity contribution in [2.45, 2.75) is 44.7 Å². The van der Waals surface area contributed by atoms with Gasteiger partial charge in [-0.1, -0.05) is 6.92 Å². The largest absolute Gasteiger partial charge is 0.317 e. The van der Waals surface area contributed by atoms with Crippen LogP contribution in [-0.2, 0) is 0 Å². The van der Waals surface area contributed by atoms with Crippen molar-refractivity contribution in [3.63, 3.8) is 0 Å². The number of hydrogen-bond acceptors (Lipinski definition) is 3. The highest BCUT2D eigenvalue weighted by Crippen LogP contribution is 2.24. The lowest BCUT2D eigenvalue weighted by atomic mass is 10.2. The molecule has 16 heavy (non-hydrogen) atoms. The second-order valence-electron chi connectivity index (χ2n) is 5.29. The van der Waals surface area contributed by atoms with Gasteiger partial charge in [0.2, 0.25) is 0 Å². The molecule has 1 aliphatic rings. The van der Waals surface area contributed by atoms with Crippen molar-refractivity contribution in [1.82, 2.24) is 15.1 Å². The highest BCUT2D eigenvalue weighted by atomic mass is 15.2. The molecule has 3 heteroatoms. The third kappa shape index (κ3) is 4.40. The van der Waals surface area contributed by atoms with Crippen LogP contribution in [0, 0.1) is 0 Å². The Hall–Kier alpha value is -0.120. The summed E-state index contributed by atoms with van der Waals surface area (Å²) >= 11 is 0. The van der Waals surface area contributed by atoms with Gasteiger partial charge in [0, 0.05) is 25.2 Å². The first-order valence-electron chi connectivity index (χ1n) is 6.73. The summed E-state index contributed by atoms with van der Waals surface area (Å²) in [6, 6.07) is 1.57. The normalized spacial score (nSPS) is 25.9. The van der Waals surface area contributed by atoms with Crippen LogP contribution in [0.1, 0.15) is 32.6 Å². The van der Waals surface area contributed by atoms with Gasteiger partial charge in [0.15, 0.2) is 0 Å². The van der Waals surface area contributed by atoms with E-state index in [1.165, 1.54) is 45.3 Å². The summed E-state index contributed by atoms with van der Waals surface area (Å²) in [7, 11) is 6.42. The van der Waals surface area contributed by atoms with E-state index in [0.717, 1.165) is 12.1 Å². The smallest absolute Gasteiger partial charge is 0.0112 e. The van der Waals surface area contributed by atoms with Gasteiger partial charge in [-0.05, 0) is 53.4 Å². The molecule has 0 aromatic rings. The number of likely N-dealkylation sites (N-methyl/N-ethyl adjacent to an activating group) is 1. The quantitative estimate of drug-likeness (QED) is 0.709. The van der Waals surface area contributed by atoms with E-state index < -0.39 is 0 Å². The van der Waals surface area contributed by atoms with Gasteiger partial charge in [-0.3, -0.25) is 4.90 Å². The molecular formula is C13H29N3. The summed E-state index contributed by atoms with van der Waals surface area (Å²) in [6.07, 6.45) is 5.33. The fraction of sp³-hybridized carbons (Fsp3) is 1.00. The SMILES string of the molecule is CCCN(CCN(C)C)C1CCC(NC)C1. The van der Waals surface area contributed by atoms with E-state index in [9.17, 15) is 0 Å². The standard InChI is InChI=1S/C13H29N3/c1-5-8-16(10-9-15(3)4)13-7-6-12(11-13)14-2/h12-14H,5-11H2,1-4H3. The summed E-state index contributed by atoms with van der Waals surface area (Å²) in [5, 5.41) is 3.42. The molecule has 1 N–H and O–H groups in total. The number of nitrogens with zero attached hydrogens (tertiary/aromatic N) is 2.